The van der Waals surface area contributed by atoms with Crippen molar-refractivity contribution in [3.63, 3.8) is 0 Å². The number of carbonyl (C=O) groups excluding carboxylic acids is 1. The normalized spacial score (nSPS) is 11.5. The maximum absolute atomic E-state index is 13.3. The lowest BCUT2D eigenvalue weighted by atomic mass is 9.93. The third-order valence-corrected chi connectivity index (χ3v) is 6.64. The number of primary amides is 1. The number of nitrogens with zero attached hydrogens (tertiary/aromatic N) is 3. The van der Waals surface area contributed by atoms with Gasteiger partial charge in [0.25, 0.3) is 11.5 Å². The summed E-state index contributed by atoms with van der Waals surface area (Å²) in [5.41, 5.74) is 11.7. The van der Waals surface area contributed by atoms with Gasteiger partial charge < -0.3 is 15.8 Å². The number of aromatic amines is 1. The van der Waals surface area contributed by atoms with Crippen LogP contribution in [0.4, 0.5) is 0 Å². The van der Waals surface area contributed by atoms with Gasteiger partial charge in [0.15, 0.2) is 0 Å². The molecule has 6 rings (SSSR count). The van der Waals surface area contributed by atoms with Crippen molar-refractivity contribution in [2.75, 3.05) is 0 Å². The van der Waals surface area contributed by atoms with Gasteiger partial charge in [-0.2, -0.15) is 0 Å². The number of aromatic nitrogens is 4. The average molecular weight is 476 g/mol. The molecule has 0 saturated carbocycles. The number of benzene rings is 3. The van der Waals surface area contributed by atoms with Gasteiger partial charge in [-0.3, -0.25) is 19.1 Å². The number of rotatable bonds is 4. The zero-order valence-corrected chi connectivity index (χ0v) is 19.3. The Morgan fingerprint density at radius 3 is 2.67 bits per heavy atom. The summed E-state index contributed by atoms with van der Waals surface area (Å²) >= 11 is 0. The summed E-state index contributed by atoms with van der Waals surface area (Å²) in [5.74, 6) is -0.548. The predicted molar refractivity (Wildman–Crippen MR) is 139 cm³/mol. The van der Waals surface area contributed by atoms with E-state index in [2.05, 4.69) is 15.0 Å². The number of pyridine rings is 1. The monoisotopic (exact) mass is 475 g/mol. The highest BCUT2D eigenvalue weighted by Crippen LogP contribution is 2.38. The molecule has 6 aromatic rings. The van der Waals surface area contributed by atoms with E-state index in [9.17, 15) is 14.7 Å². The van der Waals surface area contributed by atoms with Gasteiger partial charge in [0.2, 0.25) is 0 Å². The molecule has 4 N–H and O–H groups in total. The van der Waals surface area contributed by atoms with Crippen LogP contribution in [-0.2, 0) is 6.61 Å². The van der Waals surface area contributed by atoms with Gasteiger partial charge in [0.1, 0.15) is 6.33 Å². The third kappa shape index (κ3) is 3.19. The zero-order chi connectivity index (χ0) is 25.0. The molecule has 3 heterocycles. The van der Waals surface area contributed by atoms with Gasteiger partial charge >= 0.3 is 0 Å². The van der Waals surface area contributed by atoms with E-state index < -0.39 is 5.91 Å². The van der Waals surface area contributed by atoms with Crippen LogP contribution < -0.4 is 11.3 Å². The Morgan fingerprint density at radius 1 is 1.03 bits per heavy atom. The summed E-state index contributed by atoms with van der Waals surface area (Å²) in [6, 6.07) is 18.4. The highest BCUT2D eigenvalue weighted by Gasteiger charge is 2.19. The molecule has 176 valence electrons. The molecule has 8 heteroatoms. The maximum atomic E-state index is 13.3. The van der Waals surface area contributed by atoms with Gasteiger partial charge in [-0.15, -0.1) is 0 Å². The molecule has 36 heavy (non-hydrogen) atoms. The molecule has 0 spiro atoms. The molecule has 0 atom stereocenters. The highest BCUT2D eigenvalue weighted by molar-refractivity contribution is 6.20. The SMILES string of the molecule is Cc1c(-c2ccc(C(N)=O)c3[nH]c4cnc(CO)cc4c23)cccc1-n1cnc2ccccc2c1=O. The summed E-state index contributed by atoms with van der Waals surface area (Å²) in [5, 5.41) is 11.8. The number of hydrogen-bond donors (Lipinski definition) is 3. The molecule has 0 aliphatic heterocycles. The fraction of sp³-hybridized carbons (Fsp3) is 0.0714. The molecular formula is C28H21N5O3. The van der Waals surface area contributed by atoms with Crippen LogP contribution in [0.2, 0.25) is 0 Å². The molecule has 0 aliphatic carbocycles. The van der Waals surface area contributed by atoms with Gasteiger partial charge in [-0.1, -0.05) is 30.3 Å². The van der Waals surface area contributed by atoms with Crippen LogP contribution in [-0.4, -0.2) is 30.5 Å². The molecule has 1 amide bonds. The first-order valence-electron chi connectivity index (χ1n) is 11.4. The van der Waals surface area contributed by atoms with Crippen LogP contribution in [0.15, 0.2) is 78.0 Å². The minimum absolute atomic E-state index is 0.152. The molecule has 3 aromatic heterocycles. The van der Waals surface area contributed by atoms with E-state index >= 15 is 0 Å². The molecule has 0 radical (unpaired) electrons. The third-order valence-electron chi connectivity index (χ3n) is 6.64. The van der Waals surface area contributed by atoms with Gasteiger partial charge in [-0.25, -0.2) is 4.98 Å². The molecule has 0 fully saturated rings. The number of carbonyl (C=O) groups is 1. The van der Waals surface area contributed by atoms with Crippen LogP contribution in [0.1, 0.15) is 21.6 Å². The highest BCUT2D eigenvalue weighted by atomic mass is 16.3. The molecule has 0 bridgehead atoms. The number of para-hydroxylation sites is 1. The molecule has 0 saturated heterocycles. The van der Waals surface area contributed by atoms with Gasteiger partial charge in [0.05, 0.1) is 51.7 Å². The Morgan fingerprint density at radius 2 is 1.86 bits per heavy atom. The number of nitrogens with two attached hydrogens (primary N) is 1. The molecule has 0 aliphatic rings. The lowest BCUT2D eigenvalue weighted by Crippen LogP contribution is -2.19. The number of amides is 1. The first kappa shape index (κ1) is 21.7. The number of fused-ring (bicyclic) bond motifs is 4. The van der Waals surface area contributed by atoms with Crippen molar-refractivity contribution < 1.29 is 9.90 Å². The standard InChI is InChI=1S/C28H21N5O3/c1-15-17(6-4-8-24(15)33-14-31-22-7-3-2-5-19(22)28(33)36)18-9-10-20(27(29)35)26-25(18)21-11-16(13-34)30-12-23(21)32-26/h2-12,14,32,34H,13H2,1H3,(H2,29,35). The Bertz CT molecular complexity index is 1900. The summed E-state index contributed by atoms with van der Waals surface area (Å²) in [6.07, 6.45) is 3.19. The van der Waals surface area contributed by atoms with Crippen molar-refractivity contribution in [1.82, 2.24) is 19.5 Å². The Kier molecular flexibility index (Phi) is 4.91. The number of nitrogens with one attached hydrogen (secondary N) is 1. The van der Waals surface area contributed by atoms with E-state index in [0.717, 1.165) is 33.0 Å². The summed E-state index contributed by atoms with van der Waals surface area (Å²) < 4.78 is 1.55. The topological polar surface area (TPSA) is 127 Å². The van der Waals surface area contributed by atoms with Crippen molar-refractivity contribution in [3.8, 4) is 16.8 Å². The second kappa shape index (κ2) is 8.14. The average Bonchev–Trinajstić information content (AvgIpc) is 3.28. The number of H-pyrrole nitrogens is 1. The van der Waals surface area contributed by atoms with E-state index in [4.69, 9.17) is 5.73 Å². The lowest BCUT2D eigenvalue weighted by Gasteiger charge is -2.15. The van der Waals surface area contributed by atoms with Crippen molar-refractivity contribution in [2.24, 2.45) is 5.73 Å². The van der Waals surface area contributed by atoms with Crippen molar-refractivity contribution >= 4 is 38.6 Å². The fourth-order valence-electron chi connectivity index (χ4n) is 4.89. The zero-order valence-electron chi connectivity index (χ0n) is 19.3. The Labute approximate surface area is 204 Å². The minimum atomic E-state index is -0.548. The molecule has 8 nitrogen and oxygen atoms in total. The first-order valence-corrected chi connectivity index (χ1v) is 11.4. The van der Waals surface area contributed by atoms with Gasteiger partial charge in [-0.05, 0) is 53.9 Å². The second-order valence-electron chi connectivity index (χ2n) is 8.67. The van der Waals surface area contributed by atoms with E-state index in [-0.39, 0.29) is 12.2 Å². The summed E-state index contributed by atoms with van der Waals surface area (Å²) in [6.45, 7) is 1.75. The van der Waals surface area contributed by atoms with E-state index in [0.29, 0.717) is 33.4 Å². The molecule has 3 aromatic carbocycles. The quantitative estimate of drug-likeness (QED) is 0.355. The molecular weight excluding hydrogens is 454 g/mol. The predicted octanol–water partition coefficient (Wildman–Crippen LogP) is 3.98. The van der Waals surface area contributed by atoms with Crippen LogP contribution in [0, 0.1) is 6.92 Å². The first-order chi connectivity index (χ1) is 17.5. The number of aliphatic hydroxyl groups excluding tert-OH is 1. The Balaban J connectivity index is 1.66. The van der Waals surface area contributed by atoms with Crippen molar-refractivity contribution in [2.45, 2.75) is 13.5 Å². The van der Waals surface area contributed by atoms with Crippen molar-refractivity contribution in [3.05, 3.63) is 100 Å². The molecule has 0 unspecified atom stereocenters. The van der Waals surface area contributed by atoms with E-state index in [1.807, 2.05) is 49.4 Å². The largest absolute Gasteiger partial charge is 0.390 e. The smallest absolute Gasteiger partial charge is 0.265 e. The van der Waals surface area contributed by atoms with Crippen LogP contribution >= 0.6 is 0 Å². The summed E-state index contributed by atoms with van der Waals surface area (Å²) in [4.78, 5) is 37.5. The van der Waals surface area contributed by atoms with E-state index in [1.165, 1.54) is 0 Å². The van der Waals surface area contributed by atoms with Crippen molar-refractivity contribution in [1.29, 1.82) is 0 Å². The minimum Gasteiger partial charge on any atom is -0.390 e. The number of hydrogen-bond acceptors (Lipinski definition) is 5. The number of aliphatic hydroxyl groups is 1. The van der Waals surface area contributed by atoms with Crippen LogP contribution in [0.3, 0.4) is 0 Å². The second-order valence-corrected chi connectivity index (χ2v) is 8.67. The maximum Gasteiger partial charge on any atom is 0.265 e. The van der Waals surface area contributed by atoms with Crippen LogP contribution in [0.25, 0.3) is 49.5 Å². The van der Waals surface area contributed by atoms with Crippen LogP contribution in [0.5, 0.6) is 0 Å². The Hall–Kier alpha value is -4.82. The summed E-state index contributed by atoms with van der Waals surface area (Å²) in [7, 11) is 0. The lowest BCUT2D eigenvalue weighted by molar-refractivity contribution is 0.100. The van der Waals surface area contributed by atoms with E-state index in [1.54, 1.807) is 35.3 Å². The fourth-order valence-corrected chi connectivity index (χ4v) is 4.89. The van der Waals surface area contributed by atoms with Gasteiger partial charge in [0, 0.05) is 10.8 Å².